The quantitative estimate of drug-likeness (QED) is 0.580. The molecule has 0 atom stereocenters. The molecule has 1 aliphatic rings. The monoisotopic (exact) mass is 399 g/mol. The maximum absolute atomic E-state index is 13.6. The molecule has 152 valence electrons. The van der Waals surface area contributed by atoms with Gasteiger partial charge in [-0.25, -0.2) is 4.79 Å². The molecule has 0 bridgehead atoms. The predicted molar refractivity (Wildman–Crippen MR) is 121 cm³/mol. The number of urea groups is 1. The normalized spacial score (nSPS) is 13.1. The number of aliphatic imine (C=N–C) groups is 1. The van der Waals surface area contributed by atoms with E-state index < -0.39 is 0 Å². The Morgan fingerprint density at radius 2 is 1.57 bits per heavy atom. The predicted octanol–water partition coefficient (Wildman–Crippen LogP) is 5.35. The Hall–Kier alpha value is -3.60. The van der Waals surface area contributed by atoms with E-state index in [0.717, 1.165) is 22.7 Å². The van der Waals surface area contributed by atoms with Gasteiger partial charge in [0, 0.05) is 6.54 Å². The van der Waals surface area contributed by atoms with Gasteiger partial charge in [0.2, 0.25) is 0 Å². The van der Waals surface area contributed by atoms with Gasteiger partial charge in [-0.3, -0.25) is 14.8 Å². The van der Waals surface area contributed by atoms with Crippen LogP contribution in [0.4, 0.5) is 16.2 Å². The highest BCUT2D eigenvalue weighted by molar-refractivity contribution is 6.09. The van der Waals surface area contributed by atoms with Crippen molar-refractivity contribution in [3.05, 3.63) is 90.0 Å². The van der Waals surface area contributed by atoms with Gasteiger partial charge in [0.05, 0.1) is 17.9 Å². The van der Waals surface area contributed by atoms with Gasteiger partial charge >= 0.3 is 6.03 Å². The Labute approximate surface area is 177 Å². The first kappa shape index (κ1) is 19.7. The molecule has 0 aliphatic carbocycles. The van der Waals surface area contributed by atoms with E-state index in [-0.39, 0.29) is 12.6 Å². The molecule has 1 heterocycles. The summed E-state index contributed by atoms with van der Waals surface area (Å²) in [6.45, 7) is 5.47. The summed E-state index contributed by atoms with van der Waals surface area (Å²) in [7, 11) is 0. The number of hydrogen-bond acceptors (Lipinski definition) is 3. The van der Waals surface area contributed by atoms with Crippen molar-refractivity contribution in [3.8, 4) is 5.75 Å². The number of aryl methyl sites for hydroxylation is 1. The molecule has 1 aliphatic heterocycles. The van der Waals surface area contributed by atoms with Gasteiger partial charge in [0.25, 0.3) is 0 Å². The van der Waals surface area contributed by atoms with E-state index in [1.807, 2.05) is 79.7 Å². The molecule has 0 spiro atoms. The van der Waals surface area contributed by atoms with Crippen LogP contribution in [0.2, 0.25) is 0 Å². The van der Waals surface area contributed by atoms with E-state index >= 15 is 0 Å². The number of carbonyl (C=O) groups excluding carboxylic acids is 1. The van der Waals surface area contributed by atoms with Gasteiger partial charge in [-0.2, -0.15) is 0 Å². The van der Waals surface area contributed by atoms with E-state index in [1.165, 1.54) is 5.56 Å². The number of anilines is 2. The summed E-state index contributed by atoms with van der Waals surface area (Å²) in [6.07, 6.45) is 0. The minimum absolute atomic E-state index is 0.131. The van der Waals surface area contributed by atoms with Crippen LogP contribution in [-0.2, 0) is 0 Å². The maximum atomic E-state index is 13.6. The number of ether oxygens (including phenoxy) is 1. The summed E-state index contributed by atoms with van der Waals surface area (Å²) in [6, 6.07) is 25.2. The van der Waals surface area contributed by atoms with Gasteiger partial charge < -0.3 is 4.74 Å². The number of amidine groups is 1. The lowest BCUT2D eigenvalue weighted by Crippen LogP contribution is -2.44. The van der Waals surface area contributed by atoms with Crippen molar-refractivity contribution in [3.63, 3.8) is 0 Å². The zero-order chi connectivity index (χ0) is 20.9. The first-order chi connectivity index (χ1) is 14.6. The standard InChI is InChI=1S/C25H25N3O2/c1-19-10-9-15-23(20(19)2)30-18-24-26-16-17-27(24)25(29)28(21-11-5-3-6-12-21)22-13-7-4-8-14-22/h3-15H,16-18H2,1-2H3. The summed E-state index contributed by atoms with van der Waals surface area (Å²) >= 11 is 0. The zero-order valence-corrected chi connectivity index (χ0v) is 17.3. The second-order valence-electron chi connectivity index (χ2n) is 7.23. The van der Waals surface area contributed by atoms with Crippen molar-refractivity contribution in [2.45, 2.75) is 13.8 Å². The minimum Gasteiger partial charge on any atom is -0.485 e. The zero-order valence-electron chi connectivity index (χ0n) is 17.3. The average molecular weight is 399 g/mol. The molecule has 3 aromatic carbocycles. The van der Waals surface area contributed by atoms with Crippen LogP contribution in [0.15, 0.2) is 83.9 Å². The molecule has 0 saturated heterocycles. The molecule has 0 fully saturated rings. The Bertz CT molecular complexity index is 1010. The Morgan fingerprint density at radius 1 is 0.933 bits per heavy atom. The van der Waals surface area contributed by atoms with Gasteiger partial charge in [0.15, 0.2) is 0 Å². The fourth-order valence-corrected chi connectivity index (χ4v) is 3.49. The van der Waals surface area contributed by atoms with Gasteiger partial charge in [0.1, 0.15) is 18.2 Å². The topological polar surface area (TPSA) is 45.1 Å². The lowest BCUT2D eigenvalue weighted by Gasteiger charge is -2.29. The Kier molecular flexibility index (Phi) is 5.80. The van der Waals surface area contributed by atoms with Crippen LogP contribution in [0.3, 0.4) is 0 Å². The number of para-hydroxylation sites is 2. The highest BCUT2D eigenvalue weighted by Gasteiger charge is 2.30. The van der Waals surface area contributed by atoms with E-state index in [2.05, 4.69) is 18.0 Å². The lowest BCUT2D eigenvalue weighted by atomic mass is 10.1. The number of rotatable bonds is 5. The highest BCUT2D eigenvalue weighted by atomic mass is 16.5. The molecule has 0 aromatic heterocycles. The van der Waals surface area contributed by atoms with Crippen LogP contribution in [0, 0.1) is 13.8 Å². The molecule has 30 heavy (non-hydrogen) atoms. The van der Waals surface area contributed by atoms with E-state index in [4.69, 9.17) is 4.74 Å². The van der Waals surface area contributed by atoms with Crippen LogP contribution in [0.5, 0.6) is 5.75 Å². The van der Waals surface area contributed by atoms with Crippen molar-refractivity contribution in [2.75, 3.05) is 24.6 Å². The van der Waals surface area contributed by atoms with Gasteiger partial charge in [-0.1, -0.05) is 48.5 Å². The van der Waals surface area contributed by atoms with Crippen molar-refractivity contribution >= 4 is 23.2 Å². The van der Waals surface area contributed by atoms with Crippen molar-refractivity contribution in [1.82, 2.24) is 4.90 Å². The molecular formula is C25H25N3O2. The summed E-state index contributed by atoms with van der Waals surface area (Å²) < 4.78 is 6.03. The summed E-state index contributed by atoms with van der Waals surface area (Å²) in [5.74, 6) is 1.47. The first-order valence-electron chi connectivity index (χ1n) is 10.1. The molecular weight excluding hydrogens is 374 g/mol. The molecule has 3 aromatic rings. The summed E-state index contributed by atoms with van der Waals surface area (Å²) in [4.78, 5) is 21.6. The Morgan fingerprint density at radius 3 is 2.20 bits per heavy atom. The van der Waals surface area contributed by atoms with Gasteiger partial charge in [-0.15, -0.1) is 0 Å². The smallest absolute Gasteiger partial charge is 0.334 e. The second kappa shape index (κ2) is 8.82. The Balaban J connectivity index is 1.57. The molecule has 0 N–H and O–H groups in total. The van der Waals surface area contributed by atoms with Gasteiger partial charge in [-0.05, 0) is 55.3 Å². The number of nitrogens with zero attached hydrogens (tertiary/aromatic N) is 3. The third-order valence-electron chi connectivity index (χ3n) is 5.29. The molecule has 4 rings (SSSR count). The van der Waals surface area contributed by atoms with E-state index in [0.29, 0.717) is 18.9 Å². The van der Waals surface area contributed by atoms with Crippen LogP contribution in [0.25, 0.3) is 0 Å². The fourth-order valence-electron chi connectivity index (χ4n) is 3.49. The number of amides is 2. The van der Waals surface area contributed by atoms with E-state index in [1.54, 1.807) is 9.80 Å². The largest absolute Gasteiger partial charge is 0.485 e. The van der Waals surface area contributed by atoms with E-state index in [9.17, 15) is 4.79 Å². The average Bonchev–Trinajstić information content (AvgIpc) is 3.25. The third kappa shape index (κ3) is 4.06. The lowest BCUT2D eigenvalue weighted by molar-refractivity contribution is 0.230. The SMILES string of the molecule is Cc1cccc(OCC2=NCCN2C(=O)N(c2ccccc2)c2ccccc2)c1C. The second-order valence-corrected chi connectivity index (χ2v) is 7.23. The molecule has 0 unspecified atom stereocenters. The summed E-state index contributed by atoms with van der Waals surface area (Å²) in [5, 5.41) is 0. The number of benzene rings is 3. The van der Waals surface area contributed by atoms with Crippen LogP contribution in [0.1, 0.15) is 11.1 Å². The molecule has 0 saturated carbocycles. The summed E-state index contributed by atoms with van der Waals surface area (Å²) in [5.41, 5.74) is 3.91. The van der Waals surface area contributed by atoms with Crippen LogP contribution < -0.4 is 9.64 Å². The first-order valence-corrected chi connectivity index (χ1v) is 10.1. The number of carbonyl (C=O) groups is 1. The van der Waals surface area contributed by atoms with Crippen molar-refractivity contribution in [1.29, 1.82) is 0 Å². The van der Waals surface area contributed by atoms with Crippen LogP contribution >= 0.6 is 0 Å². The molecule has 5 heteroatoms. The van der Waals surface area contributed by atoms with Crippen molar-refractivity contribution in [2.24, 2.45) is 4.99 Å². The molecule has 5 nitrogen and oxygen atoms in total. The van der Waals surface area contributed by atoms with Crippen molar-refractivity contribution < 1.29 is 9.53 Å². The molecule has 0 radical (unpaired) electrons. The number of hydrogen-bond donors (Lipinski definition) is 0. The van der Waals surface area contributed by atoms with Crippen LogP contribution in [-0.4, -0.2) is 36.5 Å². The molecule has 2 amide bonds. The third-order valence-corrected chi connectivity index (χ3v) is 5.29. The highest BCUT2D eigenvalue weighted by Crippen LogP contribution is 2.27. The minimum atomic E-state index is -0.131. The fraction of sp³-hybridized carbons (Fsp3) is 0.200. The maximum Gasteiger partial charge on any atom is 0.334 e.